The second-order valence-electron chi connectivity index (χ2n) is 11.1. The fourth-order valence-electron chi connectivity index (χ4n) is 5.66. The second kappa shape index (κ2) is 14.0. The molecule has 3 aromatic carbocycles. The summed E-state index contributed by atoms with van der Waals surface area (Å²) in [6, 6.07) is 15.3. The van der Waals surface area contributed by atoms with Crippen molar-refractivity contribution in [3.63, 3.8) is 0 Å². The number of hydrogen-bond acceptors (Lipinski definition) is 7. The molecule has 0 radical (unpaired) electrons. The molecule has 224 valence electrons. The van der Waals surface area contributed by atoms with Crippen LogP contribution in [-0.2, 0) is 22.7 Å². The van der Waals surface area contributed by atoms with Gasteiger partial charge >= 0.3 is 5.97 Å². The van der Waals surface area contributed by atoms with Crippen molar-refractivity contribution in [1.82, 2.24) is 10.2 Å². The maximum absolute atomic E-state index is 11.8. The Hall–Kier alpha value is -2.97. The Morgan fingerprint density at radius 3 is 2.57 bits per heavy atom. The van der Waals surface area contributed by atoms with Gasteiger partial charge in [-0.15, -0.1) is 0 Å². The number of nitrogens with one attached hydrogen (secondary N) is 1. The third-order valence-corrected chi connectivity index (χ3v) is 8.77. The van der Waals surface area contributed by atoms with Gasteiger partial charge in [-0.1, -0.05) is 53.5 Å². The van der Waals surface area contributed by atoms with Crippen LogP contribution in [0, 0.1) is 12.8 Å². The summed E-state index contributed by atoms with van der Waals surface area (Å²) >= 11 is 13.5. The monoisotopic (exact) mass is 612 g/mol. The Morgan fingerprint density at radius 2 is 1.81 bits per heavy atom. The summed E-state index contributed by atoms with van der Waals surface area (Å²) in [6.07, 6.45) is 3.02. The second-order valence-corrected chi connectivity index (χ2v) is 11.8. The minimum absolute atomic E-state index is 0.231. The van der Waals surface area contributed by atoms with Crippen LogP contribution in [-0.4, -0.2) is 57.4 Å². The van der Waals surface area contributed by atoms with E-state index in [1.165, 1.54) is 12.8 Å². The molecule has 2 unspecified atom stereocenters. The number of hydrogen-bond donors (Lipinski definition) is 1. The molecule has 2 aliphatic heterocycles. The number of carbonyl (C=O) groups excluding carboxylic acids is 1. The lowest BCUT2D eigenvalue weighted by molar-refractivity contribution is -0.139. The van der Waals surface area contributed by atoms with E-state index in [9.17, 15) is 4.79 Å². The number of carbonyl (C=O) groups is 1. The molecule has 0 spiro atoms. The molecule has 2 heterocycles. The van der Waals surface area contributed by atoms with Crippen LogP contribution >= 0.6 is 23.2 Å². The molecule has 0 amide bonds. The Bertz CT molecular complexity index is 1420. The first kappa shape index (κ1) is 30.5. The van der Waals surface area contributed by atoms with Gasteiger partial charge in [0.2, 0.25) is 0 Å². The van der Waals surface area contributed by atoms with Crippen LogP contribution in [0.3, 0.4) is 0 Å². The zero-order chi connectivity index (χ0) is 29.6. The van der Waals surface area contributed by atoms with Crippen molar-refractivity contribution in [3.05, 3.63) is 75.3 Å². The highest BCUT2D eigenvalue weighted by Crippen LogP contribution is 2.39. The number of likely N-dealkylation sites (tertiary alicyclic amines) is 1. The predicted molar refractivity (Wildman–Crippen MR) is 166 cm³/mol. The molecule has 5 rings (SSSR count). The van der Waals surface area contributed by atoms with Gasteiger partial charge in [-0.2, -0.15) is 0 Å². The summed E-state index contributed by atoms with van der Waals surface area (Å²) in [5, 5.41) is 4.30. The summed E-state index contributed by atoms with van der Waals surface area (Å²) in [7, 11) is 3.76. The van der Waals surface area contributed by atoms with Gasteiger partial charge in [-0.25, -0.2) is 0 Å². The van der Waals surface area contributed by atoms with Crippen molar-refractivity contribution < 1.29 is 23.7 Å². The topological polar surface area (TPSA) is 69.3 Å². The molecule has 2 saturated heterocycles. The molecule has 9 heteroatoms. The zero-order valence-electron chi connectivity index (χ0n) is 24.4. The summed E-state index contributed by atoms with van der Waals surface area (Å²) in [4.78, 5) is 14.1. The first-order valence-electron chi connectivity index (χ1n) is 14.4. The lowest BCUT2D eigenvalue weighted by atomic mass is 9.96. The third kappa shape index (κ3) is 7.14. The summed E-state index contributed by atoms with van der Waals surface area (Å²) in [6.45, 7) is 6.10. The Kier molecular flexibility index (Phi) is 10.2. The van der Waals surface area contributed by atoms with Gasteiger partial charge in [0, 0.05) is 42.6 Å². The van der Waals surface area contributed by atoms with Crippen LogP contribution in [0.2, 0.25) is 10.0 Å². The Labute approximate surface area is 258 Å². The summed E-state index contributed by atoms with van der Waals surface area (Å²) < 4.78 is 23.0. The van der Waals surface area contributed by atoms with E-state index in [-0.39, 0.29) is 12.0 Å². The molecule has 1 N–H and O–H groups in total. The maximum Gasteiger partial charge on any atom is 0.323 e. The molecule has 7 nitrogen and oxygen atoms in total. The average Bonchev–Trinajstić information content (AvgIpc) is 3.40. The molecule has 0 aromatic heterocycles. The normalized spacial score (nSPS) is 19.0. The quantitative estimate of drug-likeness (QED) is 0.242. The van der Waals surface area contributed by atoms with Gasteiger partial charge in [-0.3, -0.25) is 4.79 Å². The minimum atomic E-state index is -0.320. The molecule has 0 aliphatic carbocycles. The van der Waals surface area contributed by atoms with Gasteiger partial charge in [0.25, 0.3) is 0 Å². The largest absolute Gasteiger partial charge is 0.496 e. The lowest BCUT2D eigenvalue weighted by Gasteiger charge is -2.29. The number of methoxy groups -OCH3 is 1. The van der Waals surface area contributed by atoms with E-state index in [4.69, 9.17) is 42.1 Å². The van der Waals surface area contributed by atoms with Gasteiger partial charge in [-0.05, 0) is 62.2 Å². The SMILES string of the molecule is COc1cc(OCc2cccc(-c3cccc(OCC4CCCN(C)C4)c3Cl)c2C)c(Cl)cc1CNC1CCOC1=O. The van der Waals surface area contributed by atoms with Crippen molar-refractivity contribution in [2.24, 2.45) is 5.92 Å². The van der Waals surface area contributed by atoms with Crippen LogP contribution < -0.4 is 19.5 Å². The molecule has 2 aliphatic rings. The average molecular weight is 614 g/mol. The number of ether oxygens (including phenoxy) is 4. The molecule has 3 aromatic rings. The van der Waals surface area contributed by atoms with Crippen molar-refractivity contribution in [2.45, 2.75) is 45.4 Å². The maximum atomic E-state index is 11.8. The summed E-state index contributed by atoms with van der Waals surface area (Å²) in [5.41, 5.74) is 4.87. The fourth-order valence-corrected chi connectivity index (χ4v) is 6.19. The Morgan fingerprint density at radius 1 is 1.00 bits per heavy atom. The minimum Gasteiger partial charge on any atom is -0.496 e. The number of nitrogens with zero attached hydrogens (tertiary/aromatic N) is 1. The molecular weight excluding hydrogens is 575 g/mol. The third-order valence-electron chi connectivity index (χ3n) is 8.09. The van der Waals surface area contributed by atoms with E-state index in [0.29, 0.717) is 66.0 Å². The number of halogens is 2. The van der Waals surface area contributed by atoms with Crippen LogP contribution in [0.1, 0.15) is 36.0 Å². The van der Waals surface area contributed by atoms with E-state index in [2.05, 4.69) is 30.3 Å². The van der Waals surface area contributed by atoms with Gasteiger partial charge in [0.15, 0.2) is 0 Å². The van der Waals surface area contributed by atoms with Crippen molar-refractivity contribution in [2.75, 3.05) is 40.5 Å². The predicted octanol–water partition coefficient (Wildman–Crippen LogP) is 6.68. The van der Waals surface area contributed by atoms with Crippen molar-refractivity contribution in [3.8, 4) is 28.4 Å². The number of cyclic esters (lactones) is 1. The van der Waals surface area contributed by atoms with Crippen LogP contribution in [0.25, 0.3) is 11.1 Å². The molecule has 42 heavy (non-hydrogen) atoms. The standard InChI is InChI=1S/C33H38Cl2N2O5/c1-21-23(20-42-31-16-30(39-3)24(15-27(31)34)17-36-28-12-14-40-33(28)38)8-4-9-25(21)26-10-5-11-29(32(26)35)41-19-22-7-6-13-37(2)18-22/h4-5,8-11,15-16,22,28,36H,6-7,12-14,17-20H2,1-3H3. The van der Waals surface area contributed by atoms with Gasteiger partial charge < -0.3 is 29.2 Å². The molecule has 2 fully saturated rings. The highest BCUT2D eigenvalue weighted by atomic mass is 35.5. The zero-order valence-corrected chi connectivity index (χ0v) is 25.9. The number of esters is 1. The molecule has 0 saturated carbocycles. The van der Waals surface area contributed by atoms with Crippen LogP contribution in [0.5, 0.6) is 17.2 Å². The van der Waals surface area contributed by atoms with E-state index in [0.717, 1.165) is 40.9 Å². The first-order chi connectivity index (χ1) is 20.3. The highest BCUT2D eigenvalue weighted by Gasteiger charge is 2.26. The van der Waals surface area contributed by atoms with Crippen LogP contribution in [0.4, 0.5) is 0 Å². The smallest absolute Gasteiger partial charge is 0.323 e. The van der Waals surface area contributed by atoms with Crippen molar-refractivity contribution in [1.29, 1.82) is 0 Å². The molecule has 0 bridgehead atoms. The summed E-state index contributed by atoms with van der Waals surface area (Å²) in [5.74, 6) is 2.13. The number of rotatable bonds is 11. The van der Waals surface area contributed by atoms with Gasteiger partial charge in [0.1, 0.15) is 29.9 Å². The van der Waals surface area contributed by atoms with Crippen LogP contribution in [0.15, 0.2) is 48.5 Å². The first-order valence-corrected chi connectivity index (χ1v) is 15.2. The van der Waals surface area contributed by atoms with E-state index >= 15 is 0 Å². The van der Waals surface area contributed by atoms with Crippen molar-refractivity contribution >= 4 is 29.2 Å². The fraction of sp³-hybridized carbons (Fsp3) is 0.424. The highest BCUT2D eigenvalue weighted by molar-refractivity contribution is 6.35. The number of benzene rings is 3. The van der Waals surface area contributed by atoms with E-state index < -0.39 is 0 Å². The lowest BCUT2D eigenvalue weighted by Crippen LogP contribution is -2.34. The van der Waals surface area contributed by atoms with E-state index in [1.807, 2.05) is 36.4 Å². The number of piperidine rings is 1. The van der Waals surface area contributed by atoms with Gasteiger partial charge in [0.05, 0.1) is 30.4 Å². The van der Waals surface area contributed by atoms with E-state index in [1.54, 1.807) is 13.2 Å². The molecule has 2 atom stereocenters. The molecular formula is C33H38Cl2N2O5. The Balaban J connectivity index is 1.27.